The normalized spacial score (nSPS) is 30.0. The van der Waals surface area contributed by atoms with E-state index in [2.05, 4.69) is 0 Å². The third-order valence-electron chi connectivity index (χ3n) is 8.36. The van der Waals surface area contributed by atoms with Crippen LogP contribution >= 0.6 is 0 Å². The largest absolute Gasteiger partial charge is 0.458 e. The zero-order valence-corrected chi connectivity index (χ0v) is 23.2. The summed E-state index contributed by atoms with van der Waals surface area (Å²) < 4.78 is 44.9. The van der Waals surface area contributed by atoms with E-state index in [1.807, 2.05) is 0 Å². The highest BCUT2D eigenvalue weighted by Crippen LogP contribution is 2.59. The van der Waals surface area contributed by atoms with Gasteiger partial charge in [-0.3, -0.25) is 29.4 Å². The molecule has 1 aromatic carbocycles. The maximum atomic E-state index is 13.4. The van der Waals surface area contributed by atoms with Crippen molar-refractivity contribution in [2.24, 2.45) is 23.7 Å². The lowest BCUT2D eigenvalue weighted by molar-refractivity contribution is -0.384. The maximum absolute atomic E-state index is 13.4. The lowest BCUT2D eigenvalue weighted by atomic mass is 9.78. The molecule has 4 fully saturated rings. The molecule has 2 heterocycles. The van der Waals surface area contributed by atoms with Crippen molar-refractivity contribution in [3.63, 3.8) is 0 Å². The van der Waals surface area contributed by atoms with Crippen LogP contribution in [0.25, 0.3) is 0 Å². The van der Waals surface area contributed by atoms with Crippen molar-refractivity contribution in [3.8, 4) is 0 Å². The van der Waals surface area contributed by atoms with Crippen LogP contribution in [0.4, 0.5) is 5.69 Å². The van der Waals surface area contributed by atoms with Gasteiger partial charge in [0.2, 0.25) is 0 Å². The summed E-state index contributed by atoms with van der Waals surface area (Å²) in [6, 6.07) is 5.59. The summed E-state index contributed by atoms with van der Waals surface area (Å²) >= 11 is 0. The highest BCUT2D eigenvalue weighted by Gasteiger charge is 2.70. The molecule has 14 nitrogen and oxygen atoms in total. The van der Waals surface area contributed by atoms with Crippen LogP contribution in [0.5, 0.6) is 0 Å². The number of carbonyl (C=O) groups is 4. The minimum absolute atomic E-state index is 0.0533. The Morgan fingerprint density at radius 1 is 1.10 bits per heavy atom. The molecule has 2 bridgehead atoms. The van der Waals surface area contributed by atoms with Crippen molar-refractivity contribution in [1.82, 2.24) is 4.90 Å². The Bertz CT molecular complexity index is 1360. The predicted octanol–water partition coefficient (Wildman–Crippen LogP) is 0.366. The van der Waals surface area contributed by atoms with Gasteiger partial charge in [0.15, 0.2) is 16.4 Å². The Labute approximate surface area is 235 Å². The summed E-state index contributed by atoms with van der Waals surface area (Å²) in [5, 5.41) is 11.0. The number of esters is 4. The van der Waals surface area contributed by atoms with E-state index in [1.54, 1.807) is 18.7 Å². The smallest absolute Gasteiger partial charge is 0.344 e. The van der Waals surface area contributed by atoms with E-state index in [0.717, 1.165) is 0 Å². The quantitative estimate of drug-likeness (QED) is 0.165. The number of nitro benzene ring substituents is 1. The molecular formula is C26H30N2O12S. The highest BCUT2D eigenvalue weighted by atomic mass is 32.2. The number of ether oxygens (including phenoxy) is 4. The minimum Gasteiger partial charge on any atom is -0.458 e. The Morgan fingerprint density at radius 2 is 1.76 bits per heavy atom. The molecule has 0 spiro atoms. The van der Waals surface area contributed by atoms with E-state index >= 15 is 0 Å². The second-order valence-electron chi connectivity index (χ2n) is 11.3. The molecule has 15 heteroatoms. The summed E-state index contributed by atoms with van der Waals surface area (Å²) in [5.41, 5.74) is -0.766. The minimum atomic E-state index is -3.10. The van der Waals surface area contributed by atoms with Gasteiger partial charge < -0.3 is 18.9 Å². The Kier molecular flexibility index (Phi) is 7.53. The monoisotopic (exact) mass is 594 g/mol. The Balaban J connectivity index is 1.19. The average Bonchev–Trinajstić information content (AvgIpc) is 3.52. The molecule has 2 aliphatic carbocycles. The number of nitrogens with zero attached hydrogens (tertiary/aromatic N) is 2. The lowest BCUT2D eigenvalue weighted by Crippen LogP contribution is -2.45. The number of hydrogen-bond donors (Lipinski definition) is 0. The summed E-state index contributed by atoms with van der Waals surface area (Å²) in [4.78, 5) is 62.9. The molecule has 0 amide bonds. The van der Waals surface area contributed by atoms with E-state index in [-0.39, 0.29) is 42.7 Å². The second kappa shape index (κ2) is 10.7. The van der Waals surface area contributed by atoms with Gasteiger partial charge in [0.05, 0.1) is 34.8 Å². The van der Waals surface area contributed by atoms with E-state index < -0.39 is 80.8 Å². The number of carbonyl (C=O) groups excluding carboxylic acids is 4. The summed E-state index contributed by atoms with van der Waals surface area (Å²) in [6.07, 6.45) is -1.21. The zero-order valence-electron chi connectivity index (χ0n) is 22.4. The van der Waals surface area contributed by atoms with E-state index in [1.165, 1.54) is 24.3 Å². The summed E-state index contributed by atoms with van der Waals surface area (Å²) in [5.74, 6) is -5.44. The van der Waals surface area contributed by atoms with Crippen molar-refractivity contribution in [1.29, 1.82) is 0 Å². The number of benzene rings is 1. The maximum Gasteiger partial charge on any atom is 0.344 e. The van der Waals surface area contributed by atoms with Crippen LogP contribution in [-0.2, 0) is 53.6 Å². The SMILES string of the molecule is CC(C)(OC(=O)C1C2CC3C(OC(=O)C31)C2OC(=O)COC(=O)CN1CCS(=O)(=O)CC1)c1ccc([N+](=O)[O-])cc1. The van der Waals surface area contributed by atoms with Crippen molar-refractivity contribution in [2.75, 3.05) is 37.7 Å². The molecule has 0 N–H and O–H groups in total. The van der Waals surface area contributed by atoms with Gasteiger partial charge in [0, 0.05) is 37.1 Å². The van der Waals surface area contributed by atoms with E-state index in [9.17, 15) is 37.7 Å². The zero-order chi connectivity index (χ0) is 29.7. The van der Waals surface area contributed by atoms with Crippen LogP contribution in [0.3, 0.4) is 0 Å². The van der Waals surface area contributed by atoms with Crippen molar-refractivity contribution in [3.05, 3.63) is 39.9 Å². The van der Waals surface area contributed by atoms with E-state index in [0.29, 0.717) is 12.0 Å². The van der Waals surface area contributed by atoms with Gasteiger partial charge in [-0.15, -0.1) is 0 Å². The highest BCUT2D eigenvalue weighted by molar-refractivity contribution is 7.91. The first-order valence-electron chi connectivity index (χ1n) is 13.2. The molecular weight excluding hydrogens is 564 g/mol. The first-order valence-corrected chi connectivity index (χ1v) is 15.0. The third-order valence-corrected chi connectivity index (χ3v) is 9.96. The fourth-order valence-electron chi connectivity index (χ4n) is 6.29. The molecule has 4 aliphatic rings. The topological polar surface area (TPSA) is 186 Å². The summed E-state index contributed by atoms with van der Waals surface area (Å²) in [7, 11) is -3.10. The van der Waals surface area contributed by atoms with Gasteiger partial charge in [-0.2, -0.15) is 0 Å². The lowest BCUT2D eigenvalue weighted by Gasteiger charge is -2.33. The average molecular weight is 595 g/mol. The number of rotatable bonds is 9. The van der Waals surface area contributed by atoms with Crippen LogP contribution in [0.2, 0.25) is 0 Å². The number of hydrogen-bond acceptors (Lipinski definition) is 13. The second-order valence-corrected chi connectivity index (χ2v) is 13.6. The van der Waals surface area contributed by atoms with Crippen molar-refractivity contribution >= 4 is 39.4 Å². The van der Waals surface area contributed by atoms with Crippen LogP contribution in [0.1, 0.15) is 25.8 Å². The molecule has 2 saturated carbocycles. The molecule has 0 aromatic heterocycles. The standard InChI is InChI=1S/C26H30N2O12S/c1-26(2,14-3-5-15(6-4-14)28(33)34)40-25(32)21-17-11-16-20(21)24(31)39-23(16)22(17)38-19(30)13-37-18(29)12-27-7-9-41(35,36)10-8-27/h3-6,16-17,20-23H,7-13H2,1-2H3. The molecule has 2 aliphatic heterocycles. The first-order chi connectivity index (χ1) is 19.3. The molecule has 6 atom stereocenters. The summed E-state index contributed by atoms with van der Waals surface area (Å²) in [6.45, 7) is 2.79. The third kappa shape index (κ3) is 5.77. The van der Waals surface area contributed by atoms with Gasteiger partial charge in [-0.25, -0.2) is 13.2 Å². The fraction of sp³-hybridized carbons (Fsp3) is 0.615. The molecule has 2 saturated heterocycles. The molecule has 41 heavy (non-hydrogen) atoms. The molecule has 1 aromatic rings. The van der Waals surface area contributed by atoms with Crippen LogP contribution in [0.15, 0.2) is 24.3 Å². The van der Waals surface area contributed by atoms with Gasteiger partial charge in [0.25, 0.3) is 5.69 Å². The van der Waals surface area contributed by atoms with Crippen LogP contribution < -0.4 is 0 Å². The molecule has 222 valence electrons. The van der Waals surface area contributed by atoms with Crippen LogP contribution in [-0.4, -0.2) is 92.1 Å². The van der Waals surface area contributed by atoms with Gasteiger partial charge >= 0.3 is 23.9 Å². The first kappa shape index (κ1) is 28.9. The Morgan fingerprint density at radius 3 is 2.39 bits per heavy atom. The number of nitro groups is 1. The molecule has 6 unspecified atom stereocenters. The van der Waals surface area contributed by atoms with Gasteiger partial charge in [-0.05, 0) is 38.0 Å². The van der Waals surface area contributed by atoms with Crippen molar-refractivity contribution in [2.45, 2.75) is 38.1 Å². The number of non-ortho nitro benzene ring substituents is 1. The van der Waals surface area contributed by atoms with E-state index in [4.69, 9.17) is 18.9 Å². The molecule has 5 rings (SSSR count). The number of sulfone groups is 1. The Hall–Kier alpha value is -3.59. The van der Waals surface area contributed by atoms with Gasteiger partial charge in [0.1, 0.15) is 17.8 Å². The van der Waals surface area contributed by atoms with Crippen molar-refractivity contribution < 1.29 is 51.5 Å². The van der Waals surface area contributed by atoms with Crippen LogP contribution in [0, 0.1) is 33.8 Å². The van der Waals surface area contributed by atoms with Gasteiger partial charge in [-0.1, -0.05) is 0 Å². The molecule has 0 radical (unpaired) electrons. The fourth-order valence-corrected chi connectivity index (χ4v) is 7.57. The predicted molar refractivity (Wildman–Crippen MR) is 137 cm³/mol. The number of fused-ring (bicyclic) bond motifs is 1.